The van der Waals surface area contributed by atoms with Gasteiger partial charge in [0.05, 0.1) is 11.3 Å². The number of nitrogens with zero attached hydrogens (tertiary/aromatic N) is 2. The van der Waals surface area contributed by atoms with Gasteiger partial charge in [-0.05, 0) is 60.5 Å². The van der Waals surface area contributed by atoms with Crippen molar-refractivity contribution >= 4 is 11.8 Å². The quantitative estimate of drug-likeness (QED) is 0.455. The van der Waals surface area contributed by atoms with E-state index in [2.05, 4.69) is 4.90 Å². The number of alkyl halides is 3. The van der Waals surface area contributed by atoms with E-state index in [4.69, 9.17) is 0 Å². The molecule has 0 amide bonds. The van der Waals surface area contributed by atoms with Gasteiger partial charge in [0.1, 0.15) is 5.82 Å². The highest BCUT2D eigenvalue weighted by Gasteiger charge is 2.30. The molecule has 1 aromatic heterocycles. The minimum atomic E-state index is -4.37. The van der Waals surface area contributed by atoms with Crippen molar-refractivity contribution in [3.63, 3.8) is 0 Å². The van der Waals surface area contributed by atoms with Crippen LogP contribution in [0.15, 0.2) is 54.6 Å². The van der Waals surface area contributed by atoms with E-state index in [0.717, 1.165) is 65.9 Å². The van der Waals surface area contributed by atoms with Crippen LogP contribution in [0, 0.1) is 12.7 Å². The van der Waals surface area contributed by atoms with Gasteiger partial charge in [0.15, 0.2) is 0 Å². The van der Waals surface area contributed by atoms with Gasteiger partial charge in [0.25, 0.3) is 0 Å². The molecular formula is C23H22F4N2S. The second-order valence-electron chi connectivity index (χ2n) is 7.42. The van der Waals surface area contributed by atoms with Gasteiger partial charge in [-0.15, -0.1) is 0 Å². The number of halogens is 4. The highest BCUT2D eigenvalue weighted by atomic mass is 32.2. The zero-order valence-electron chi connectivity index (χ0n) is 16.5. The van der Waals surface area contributed by atoms with E-state index in [9.17, 15) is 17.6 Å². The summed E-state index contributed by atoms with van der Waals surface area (Å²) in [7, 11) is 0. The first kappa shape index (κ1) is 21.0. The summed E-state index contributed by atoms with van der Waals surface area (Å²) in [5.74, 6) is 1.87. The molecule has 1 saturated heterocycles. The normalized spacial score (nSPS) is 15.5. The molecule has 1 fully saturated rings. The van der Waals surface area contributed by atoms with Gasteiger partial charge in [-0.25, -0.2) is 4.39 Å². The van der Waals surface area contributed by atoms with Crippen molar-refractivity contribution < 1.29 is 17.6 Å². The summed E-state index contributed by atoms with van der Waals surface area (Å²) in [6.45, 7) is 4.82. The summed E-state index contributed by atoms with van der Waals surface area (Å²) in [6.07, 6.45) is -4.37. The summed E-state index contributed by atoms with van der Waals surface area (Å²) >= 11 is 1.95. The van der Waals surface area contributed by atoms with E-state index >= 15 is 0 Å². The van der Waals surface area contributed by atoms with Gasteiger partial charge in [-0.1, -0.05) is 12.1 Å². The minimum Gasteiger partial charge on any atom is -0.314 e. The molecule has 0 saturated carbocycles. The maximum Gasteiger partial charge on any atom is 0.416 e. The molecule has 2 nitrogen and oxygen atoms in total. The Labute approximate surface area is 177 Å². The van der Waals surface area contributed by atoms with E-state index < -0.39 is 11.7 Å². The monoisotopic (exact) mass is 434 g/mol. The fourth-order valence-electron chi connectivity index (χ4n) is 3.78. The number of hydrogen-bond acceptors (Lipinski definition) is 2. The van der Waals surface area contributed by atoms with Crippen molar-refractivity contribution in [3.8, 4) is 16.9 Å². The van der Waals surface area contributed by atoms with E-state index in [1.54, 1.807) is 12.1 Å². The topological polar surface area (TPSA) is 8.17 Å². The van der Waals surface area contributed by atoms with Crippen molar-refractivity contribution in [2.45, 2.75) is 19.6 Å². The highest BCUT2D eigenvalue weighted by Crippen LogP contribution is 2.34. The Morgan fingerprint density at radius 2 is 1.57 bits per heavy atom. The summed E-state index contributed by atoms with van der Waals surface area (Å²) in [5, 5.41) is 0. The van der Waals surface area contributed by atoms with Crippen LogP contribution in [0.4, 0.5) is 17.6 Å². The van der Waals surface area contributed by atoms with E-state index in [0.29, 0.717) is 5.56 Å². The number of benzene rings is 2. The summed E-state index contributed by atoms with van der Waals surface area (Å²) < 4.78 is 54.4. The van der Waals surface area contributed by atoms with Gasteiger partial charge in [0, 0.05) is 42.5 Å². The zero-order chi connectivity index (χ0) is 21.3. The molecule has 3 aromatic rings. The van der Waals surface area contributed by atoms with Crippen LogP contribution in [0.1, 0.15) is 16.8 Å². The fraction of sp³-hybridized carbons (Fsp3) is 0.304. The Bertz CT molecular complexity index is 1000. The van der Waals surface area contributed by atoms with Crippen molar-refractivity contribution in [2.75, 3.05) is 24.6 Å². The van der Waals surface area contributed by atoms with Crippen LogP contribution < -0.4 is 0 Å². The van der Waals surface area contributed by atoms with E-state index in [-0.39, 0.29) is 5.82 Å². The number of thioether (sulfide) groups is 1. The third-order valence-electron chi connectivity index (χ3n) is 5.44. The molecule has 4 rings (SSSR count). The lowest BCUT2D eigenvalue weighted by Crippen LogP contribution is -2.32. The third-order valence-corrected chi connectivity index (χ3v) is 6.38. The van der Waals surface area contributed by atoms with E-state index in [1.165, 1.54) is 24.3 Å². The highest BCUT2D eigenvalue weighted by molar-refractivity contribution is 7.99. The molecule has 1 aliphatic heterocycles. The maximum absolute atomic E-state index is 13.5. The van der Waals surface area contributed by atoms with Gasteiger partial charge >= 0.3 is 6.18 Å². The number of aromatic nitrogens is 1. The molecule has 158 valence electrons. The molecule has 0 N–H and O–H groups in total. The third kappa shape index (κ3) is 4.42. The van der Waals surface area contributed by atoms with Gasteiger partial charge < -0.3 is 4.57 Å². The SMILES string of the molecule is Cc1c(CN2CCSCC2)cc(-c2ccc(C(F)(F)F)cc2)n1-c1ccc(F)cc1. The van der Waals surface area contributed by atoms with Crippen LogP contribution in [0.25, 0.3) is 16.9 Å². The number of hydrogen-bond donors (Lipinski definition) is 0. The molecule has 30 heavy (non-hydrogen) atoms. The van der Waals surface area contributed by atoms with Crippen LogP contribution in [0.3, 0.4) is 0 Å². The van der Waals surface area contributed by atoms with Crippen LogP contribution in [0.5, 0.6) is 0 Å². The molecule has 0 aliphatic carbocycles. The molecule has 2 heterocycles. The van der Waals surface area contributed by atoms with Crippen LogP contribution in [-0.4, -0.2) is 34.1 Å². The Kier molecular flexibility index (Phi) is 5.93. The maximum atomic E-state index is 13.5. The predicted molar refractivity (Wildman–Crippen MR) is 114 cm³/mol. The van der Waals surface area contributed by atoms with Crippen molar-refractivity contribution in [1.29, 1.82) is 0 Å². The molecule has 2 aromatic carbocycles. The lowest BCUT2D eigenvalue weighted by Gasteiger charge is -2.26. The summed E-state index contributed by atoms with van der Waals surface area (Å²) in [4.78, 5) is 2.39. The van der Waals surface area contributed by atoms with Gasteiger partial charge in [-0.2, -0.15) is 24.9 Å². The molecule has 0 spiro atoms. The van der Waals surface area contributed by atoms with E-state index in [1.807, 2.05) is 29.3 Å². The first-order valence-electron chi connectivity index (χ1n) is 9.78. The molecule has 0 unspecified atom stereocenters. The minimum absolute atomic E-state index is 0.328. The van der Waals surface area contributed by atoms with Crippen LogP contribution in [-0.2, 0) is 12.7 Å². The smallest absolute Gasteiger partial charge is 0.314 e. The van der Waals surface area contributed by atoms with Gasteiger partial charge in [-0.3, -0.25) is 4.90 Å². The van der Waals surface area contributed by atoms with Crippen LogP contribution in [0.2, 0.25) is 0 Å². The summed E-state index contributed by atoms with van der Waals surface area (Å²) in [5.41, 5.74) is 3.74. The second kappa shape index (κ2) is 8.47. The Morgan fingerprint density at radius 1 is 0.933 bits per heavy atom. The molecular weight excluding hydrogens is 412 g/mol. The number of rotatable bonds is 4. The Balaban J connectivity index is 1.77. The van der Waals surface area contributed by atoms with Crippen molar-refractivity contribution in [1.82, 2.24) is 9.47 Å². The average molecular weight is 435 g/mol. The predicted octanol–water partition coefficient (Wildman–Crippen LogP) is 6.16. The molecule has 1 aliphatic rings. The lowest BCUT2D eigenvalue weighted by molar-refractivity contribution is -0.137. The Morgan fingerprint density at radius 3 is 2.17 bits per heavy atom. The lowest BCUT2D eigenvalue weighted by atomic mass is 10.1. The average Bonchev–Trinajstić information content (AvgIpc) is 3.05. The first-order valence-corrected chi connectivity index (χ1v) is 10.9. The molecule has 0 bridgehead atoms. The standard InChI is InChI=1S/C23H22F4N2S/c1-16-18(15-28-10-12-30-13-11-28)14-22(29(16)21-8-6-20(24)7-9-21)17-2-4-19(5-3-17)23(25,26)27/h2-9,14H,10-13,15H2,1H3. The summed E-state index contributed by atoms with van der Waals surface area (Å²) in [6, 6.07) is 13.4. The largest absolute Gasteiger partial charge is 0.416 e. The Hall–Kier alpha value is -2.25. The first-order chi connectivity index (χ1) is 14.3. The molecule has 0 radical (unpaired) electrons. The second-order valence-corrected chi connectivity index (χ2v) is 8.64. The molecule has 7 heteroatoms. The van der Waals surface area contributed by atoms with Gasteiger partial charge in [0.2, 0.25) is 0 Å². The van der Waals surface area contributed by atoms with Crippen molar-refractivity contribution in [3.05, 3.63) is 77.2 Å². The van der Waals surface area contributed by atoms with Crippen molar-refractivity contribution in [2.24, 2.45) is 0 Å². The zero-order valence-corrected chi connectivity index (χ0v) is 17.4. The fourth-order valence-corrected chi connectivity index (χ4v) is 4.76. The van der Waals surface area contributed by atoms with Crippen LogP contribution >= 0.6 is 11.8 Å². The molecule has 0 atom stereocenters.